The normalized spacial score (nSPS) is 10.8. The number of rotatable bonds is 5. The molecule has 0 bridgehead atoms. The lowest BCUT2D eigenvalue weighted by Gasteiger charge is -2.05. The van der Waals surface area contributed by atoms with Crippen molar-refractivity contribution in [3.05, 3.63) is 21.8 Å². The van der Waals surface area contributed by atoms with E-state index in [-0.39, 0.29) is 0 Å². The van der Waals surface area contributed by atoms with Gasteiger partial charge in [0.05, 0.1) is 28.6 Å². The van der Waals surface area contributed by atoms with Gasteiger partial charge in [0.2, 0.25) is 0 Å². The largest absolute Gasteiger partial charge is 0.394 e. The van der Waals surface area contributed by atoms with E-state index >= 15 is 0 Å². The lowest BCUT2D eigenvalue weighted by molar-refractivity contribution is 0.734. The van der Waals surface area contributed by atoms with Crippen molar-refractivity contribution in [3.63, 3.8) is 0 Å². The summed E-state index contributed by atoms with van der Waals surface area (Å²) in [5, 5.41) is 10.9. The highest BCUT2D eigenvalue weighted by Gasteiger charge is 2.12. The van der Waals surface area contributed by atoms with Crippen LogP contribution in [0.5, 0.6) is 0 Å². The van der Waals surface area contributed by atoms with E-state index in [4.69, 9.17) is 5.73 Å². The molecule has 0 saturated heterocycles. The number of aromatic nitrogens is 3. The summed E-state index contributed by atoms with van der Waals surface area (Å²) in [7, 11) is 1.91. The lowest BCUT2D eigenvalue weighted by Crippen LogP contribution is -2.06. The number of aryl methyl sites for hydroxylation is 3. The first-order valence-electron chi connectivity index (χ1n) is 6.08. The van der Waals surface area contributed by atoms with Crippen LogP contribution in [-0.2, 0) is 20.0 Å². The van der Waals surface area contributed by atoms with Gasteiger partial charge in [0.1, 0.15) is 5.82 Å². The molecule has 0 aliphatic carbocycles. The Hall–Kier alpha value is -1.56. The molecule has 18 heavy (non-hydrogen) atoms. The Bertz CT molecular complexity index is 529. The van der Waals surface area contributed by atoms with Gasteiger partial charge in [-0.25, -0.2) is 4.98 Å². The Kier molecular flexibility index (Phi) is 3.86. The summed E-state index contributed by atoms with van der Waals surface area (Å²) < 4.78 is 1.81. The molecule has 2 aromatic rings. The number of thiazole rings is 1. The Balaban J connectivity index is 2.09. The molecule has 0 aliphatic rings. The van der Waals surface area contributed by atoms with E-state index in [0.29, 0.717) is 6.54 Å². The maximum absolute atomic E-state index is 6.10. The molecule has 0 unspecified atom stereocenters. The predicted octanol–water partition coefficient (Wildman–Crippen LogP) is 2.33. The van der Waals surface area contributed by atoms with Crippen molar-refractivity contribution in [2.45, 2.75) is 33.2 Å². The minimum absolute atomic E-state index is 0.680. The highest BCUT2D eigenvalue weighted by atomic mass is 32.1. The van der Waals surface area contributed by atoms with E-state index in [1.165, 1.54) is 0 Å². The van der Waals surface area contributed by atoms with Crippen molar-refractivity contribution in [2.24, 2.45) is 7.05 Å². The number of nitrogens with two attached hydrogens (primary N) is 1. The van der Waals surface area contributed by atoms with Gasteiger partial charge in [0.15, 0.2) is 0 Å². The molecule has 2 heterocycles. The van der Waals surface area contributed by atoms with Crippen molar-refractivity contribution in [1.29, 1.82) is 0 Å². The van der Waals surface area contributed by atoms with Gasteiger partial charge < -0.3 is 11.1 Å². The number of nitrogens with one attached hydrogen (secondary N) is 1. The maximum atomic E-state index is 6.10. The molecule has 0 spiro atoms. The molecule has 0 saturated carbocycles. The van der Waals surface area contributed by atoms with Gasteiger partial charge in [-0.3, -0.25) is 4.68 Å². The van der Waals surface area contributed by atoms with Crippen LogP contribution in [-0.4, -0.2) is 14.8 Å². The van der Waals surface area contributed by atoms with Gasteiger partial charge >= 0.3 is 0 Å². The van der Waals surface area contributed by atoms with E-state index in [0.717, 1.165) is 40.7 Å². The van der Waals surface area contributed by atoms with Crippen LogP contribution in [0.3, 0.4) is 0 Å². The summed E-state index contributed by atoms with van der Waals surface area (Å²) in [5.74, 6) is 0.879. The van der Waals surface area contributed by atoms with Crippen LogP contribution in [0, 0.1) is 6.92 Å². The zero-order valence-corrected chi connectivity index (χ0v) is 11.8. The second-order valence-corrected chi connectivity index (χ2v) is 5.36. The molecule has 0 aromatic carbocycles. The van der Waals surface area contributed by atoms with Crippen molar-refractivity contribution in [1.82, 2.24) is 14.8 Å². The first kappa shape index (κ1) is 12.9. The molecule has 98 valence electrons. The molecule has 0 amide bonds. The molecule has 5 nitrogen and oxygen atoms in total. The second-order valence-electron chi connectivity index (χ2n) is 4.29. The lowest BCUT2D eigenvalue weighted by atomic mass is 10.2. The summed E-state index contributed by atoms with van der Waals surface area (Å²) in [6.07, 6.45) is 1.96. The van der Waals surface area contributed by atoms with Crippen LogP contribution in [0.15, 0.2) is 5.38 Å². The minimum Gasteiger partial charge on any atom is -0.394 e. The Labute approximate surface area is 111 Å². The fourth-order valence-electron chi connectivity index (χ4n) is 1.89. The highest BCUT2D eigenvalue weighted by molar-refractivity contribution is 7.09. The second kappa shape index (κ2) is 5.39. The zero-order valence-electron chi connectivity index (χ0n) is 11.0. The van der Waals surface area contributed by atoms with Gasteiger partial charge in [0, 0.05) is 12.4 Å². The van der Waals surface area contributed by atoms with Crippen molar-refractivity contribution >= 4 is 22.8 Å². The SMILES string of the molecule is CCCc1nn(C)c(NCc2csc(C)n2)c1N. The molecule has 0 radical (unpaired) electrons. The van der Waals surface area contributed by atoms with E-state index in [2.05, 4.69) is 27.7 Å². The molecule has 0 aliphatic heterocycles. The Morgan fingerprint density at radius 3 is 2.89 bits per heavy atom. The molecular formula is C12H19N5S. The van der Waals surface area contributed by atoms with Crippen LogP contribution in [0.2, 0.25) is 0 Å². The number of hydrogen-bond donors (Lipinski definition) is 2. The quantitative estimate of drug-likeness (QED) is 0.870. The van der Waals surface area contributed by atoms with Crippen molar-refractivity contribution in [2.75, 3.05) is 11.1 Å². The number of anilines is 2. The zero-order chi connectivity index (χ0) is 13.1. The van der Waals surface area contributed by atoms with Crippen LogP contribution in [0.25, 0.3) is 0 Å². The van der Waals surface area contributed by atoms with Gasteiger partial charge in [-0.15, -0.1) is 11.3 Å². The Morgan fingerprint density at radius 1 is 1.50 bits per heavy atom. The molecule has 0 fully saturated rings. The molecule has 2 rings (SSSR count). The van der Waals surface area contributed by atoms with Crippen LogP contribution in [0.1, 0.15) is 29.7 Å². The van der Waals surface area contributed by atoms with Crippen LogP contribution >= 0.6 is 11.3 Å². The number of nitrogen functional groups attached to an aromatic ring is 1. The molecule has 6 heteroatoms. The van der Waals surface area contributed by atoms with Gasteiger partial charge in [-0.05, 0) is 13.3 Å². The van der Waals surface area contributed by atoms with E-state index in [9.17, 15) is 0 Å². The predicted molar refractivity (Wildman–Crippen MR) is 75.8 cm³/mol. The van der Waals surface area contributed by atoms with Crippen molar-refractivity contribution < 1.29 is 0 Å². The standard InChI is InChI=1S/C12H19N5S/c1-4-5-10-11(13)12(17(3)16-10)14-6-9-7-18-8(2)15-9/h7,14H,4-6,13H2,1-3H3. The molecular weight excluding hydrogens is 246 g/mol. The van der Waals surface area contributed by atoms with Crippen LogP contribution < -0.4 is 11.1 Å². The summed E-state index contributed by atoms with van der Waals surface area (Å²) >= 11 is 1.66. The third-order valence-electron chi connectivity index (χ3n) is 2.75. The summed E-state index contributed by atoms with van der Waals surface area (Å²) in [6, 6.07) is 0. The average molecular weight is 265 g/mol. The molecule has 2 aromatic heterocycles. The number of hydrogen-bond acceptors (Lipinski definition) is 5. The van der Waals surface area contributed by atoms with Gasteiger partial charge in [-0.2, -0.15) is 5.10 Å². The molecule has 0 atom stereocenters. The summed E-state index contributed by atoms with van der Waals surface area (Å²) in [4.78, 5) is 4.41. The van der Waals surface area contributed by atoms with Crippen molar-refractivity contribution in [3.8, 4) is 0 Å². The monoisotopic (exact) mass is 265 g/mol. The minimum atomic E-state index is 0.680. The summed E-state index contributed by atoms with van der Waals surface area (Å²) in [6.45, 7) is 4.81. The highest BCUT2D eigenvalue weighted by Crippen LogP contribution is 2.23. The van der Waals surface area contributed by atoms with E-state index in [1.807, 2.05) is 14.0 Å². The topological polar surface area (TPSA) is 68.8 Å². The first-order chi connectivity index (χ1) is 8.61. The van der Waals surface area contributed by atoms with Gasteiger partial charge in [-0.1, -0.05) is 13.3 Å². The molecule has 3 N–H and O–H groups in total. The van der Waals surface area contributed by atoms with E-state index < -0.39 is 0 Å². The summed E-state index contributed by atoms with van der Waals surface area (Å²) in [5.41, 5.74) is 8.86. The average Bonchev–Trinajstić information content (AvgIpc) is 2.84. The fourth-order valence-corrected chi connectivity index (χ4v) is 2.50. The van der Waals surface area contributed by atoms with Crippen LogP contribution in [0.4, 0.5) is 11.5 Å². The third-order valence-corrected chi connectivity index (χ3v) is 3.57. The van der Waals surface area contributed by atoms with Gasteiger partial charge in [0.25, 0.3) is 0 Å². The first-order valence-corrected chi connectivity index (χ1v) is 6.96. The Morgan fingerprint density at radius 2 is 2.28 bits per heavy atom. The fraction of sp³-hybridized carbons (Fsp3) is 0.500. The smallest absolute Gasteiger partial charge is 0.148 e. The van der Waals surface area contributed by atoms with E-state index in [1.54, 1.807) is 16.0 Å². The number of nitrogens with zero attached hydrogens (tertiary/aromatic N) is 3. The third kappa shape index (κ3) is 2.64. The maximum Gasteiger partial charge on any atom is 0.148 e.